The molecule has 2 amide bonds. The topological polar surface area (TPSA) is 132 Å². The number of anilines is 1. The van der Waals surface area contributed by atoms with Crippen LogP contribution < -0.4 is 10.6 Å². The highest BCUT2D eigenvalue weighted by Gasteiger charge is 2.48. The van der Waals surface area contributed by atoms with E-state index in [9.17, 15) is 14.7 Å². The lowest BCUT2D eigenvalue weighted by atomic mass is 9.60. The minimum Gasteiger partial charge on any atom is -0.478 e. The minimum absolute atomic E-state index is 0.0565. The predicted octanol–water partition coefficient (Wildman–Crippen LogP) is 7.13. The third-order valence-corrected chi connectivity index (χ3v) is 9.63. The number of fused-ring (bicyclic) bond motifs is 2. The van der Waals surface area contributed by atoms with Gasteiger partial charge in [-0.3, -0.25) is 4.68 Å². The van der Waals surface area contributed by atoms with Gasteiger partial charge in [0.15, 0.2) is 0 Å². The molecule has 0 aliphatic heterocycles. The molecule has 4 aromatic rings. The van der Waals surface area contributed by atoms with Crippen LogP contribution >= 0.6 is 23.2 Å². The number of benzene rings is 2. The number of amides is 2. The SMILES string of the molecule is Cn1cc(-c2cc(NC(=O)NC3C4CC(OCc5c(-c6c(Cl)cccc6Cl)noc5C5CC5)CC3C4)ccc2C(=O)O)cn1. The van der Waals surface area contributed by atoms with E-state index < -0.39 is 5.97 Å². The average Bonchev–Trinajstić information content (AvgIpc) is 3.62. The van der Waals surface area contributed by atoms with E-state index in [-0.39, 0.29) is 23.7 Å². The fraction of sp³-hybridized carbons (Fsp3) is 0.375. The molecular formula is C32H31Cl2N5O5. The number of aryl methyl sites for hydroxylation is 1. The number of carboxylic acids is 1. The number of aromatic nitrogens is 3. The molecule has 4 aliphatic carbocycles. The van der Waals surface area contributed by atoms with Gasteiger partial charge in [0.1, 0.15) is 11.5 Å². The Labute approximate surface area is 263 Å². The first kappa shape index (κ1) is 28.9. The van der Waals surface area contributed by atoms with Crippen molar-refractivity contribution in [1.82, 2.24) is 20.3 Å². The van der Waals surface area contributed by atoms with E-state index in [2.05, 4.69) is 20.9 Å². The number of carbonyl (C=O) groups is 2. The lowest BCUT2D eigenvalue weighted by molar-refractivity contribution is -0.0743. The van der Waals surface area contributed by atoms with Crippen molar-refractivity contribution in [3.8, 4) is 22.4 Å². The molecule has 0 spiro atoms. The van der Waals surface area contributed by atoms with E-state index in [4.69, 9.17) is 32.5 Å². The van der Waals surface area contributed by atoms with Crippen LogP contribution in [-0.2, 0) is 18.4 Å². The average molecular weight is 637 g/mol. The maximum absolute atomic E-state index is 13.0. The van der Waals surface area contributed by atoms with Crippen molar-refractivity contribution in [2.45, 2.75) is 56.8 Å². The van der Waals surface area contributed by atoms with E-state index in [0.717, 1.165) is 43.4 Å². The van der Waals surface area contributed by atoms with Crippen LogP contribution in [0.25, 0.3) is 22.4 Å². The van der Waals surface area contributed by atoms with Gasteiger partial charge >= 0.3 is 12.0 Å². The molecule has 4 saturated carbocycles. The summed E-state index contributed by atoms with van der Waals surface area (Å²) in [4.78, 5) is 24.8. The molecule has 8 rings (SSSR count). The van der Waals surface area contributed by atoms with Crippen LogP contribution in [0.5, 0.6) is 0 Å². The summed E-state index contributed by atoms with van der Waals surface area (Å²) >= 11 is 13.0. The van der Waals surface area contributed by atoms with Crippen molar-refractivity contribution in [1.29, 1.82) is 0 Å². The quantitative estimate of drug-likeness (QED) is 0.178. The van der Waals surface area contributed by atoms with Gasteiger partial charge in [-0.05, 0) is 74.3 Å². The summed E-state index contributed by atoms with van der Waals surface area (Å²) < 4.78 is 13.8. The van der Waals surface area contributed by atoms with Gasteiger partial charge < -0.3 is 25.0 Å². The van der Waals surface area contributed by atoms with Crippen molar-refractivity contribution in [3.05, 3.63) is 75.7 Å². The van der Waals surface area contributed by atoms with E-state index in [0.29, 0.717) is 62.5 Å². The summed E-state index contributed by atoms with van der Waals surface area (Å²) in [6.45, 7) is 0.362. The van der Waals surface area contributed by atoms with Crippen LogP contribution in [-0.4, -0.2) is 44.2 Å². The van der Waals surface area contributed by atoms with Gasteiger partial charge in [0.05, 0.1) is 34.5 Å². The summed E-state index contributed by atoms with van der Waals surface area (Å²) in [5.41, 5.74) is 4.01. The van der Waals surface area contributed by atoms with E-state index >= 15 is 0 Å². The Morgan fingerprint density at radius 3 is 2.52 bits per heavy atom. The minimum atomic E-state index is -1.05. The zero-order chi connectivity index (χ0) is 30.5. The molecule has 2 bridgehead atoms. The standard InChI is InChI=1S/C32H31Cl2N5O5/c1-39-14-19(13-35-39)23-12-20(7-8-22(23)31(40)41)36-32(42)37-28-17-9-18(28)11-21(10-17)43-15-24-29(38-44-30(24)16-5-6-16)27-25(33)3-2-4-26(27)34/h2-4,7-8,12-14,16-18,21,28H,5-6,9-11,15H2,1H3,(H,40,41)(H2,36,37,42). The van der Waals surface area contributed by atoms with Crippen molar-refractivity contribution < 1.29 is 24.0 Å². The number of carbonyl (C=O) groups excluding carboxylic acids is 1. The van der Waals surface area contributed by atoms with Crippen LogP contribution in [0.1, 0.15) is 59.7 Å². The van der Waals surface area contributed by atoms with Gasteiger partial charge in [0, 0.05) is 53.1 Å². The number of aromatic carboxylic acids is 1. The summed E-state index contributed by atoms with van der Waals surface area (Å²) in [5.74, 6) is 0.788. The zero-order valence-corrected chi connectivity index (χ0v) is 25.4. The highest BCUT2D eigenvalue weighted by molar-refractivity contribution is 6.39. The number of rotatable bonds is 9. The van der Waals surface area contributed by atoms with Gasteiger partial charge in [-0.15, -0.1) is 0 Å². The highest BCUT2D eigenvalue weighted by Crippen LogP contribution is 2.49. The van der Waals surface area contributed by atoms with Gasteiger partial charge in [-0.1, -0.05) is 34.4 Å². The second-order valence-corrected chi connectivity index (χ2v) is 12.8. The van der Waals surface area contributed by atoms with Gasteiger partial charge in [0.25, 0.3) is 0 Å². The van der Waals surface area contributed by atoms with Gasteiger partial charge in [0.2, 0.25) is 0 Å². The molecule has 10 nitrogen and oxygen atoms in total. The summed E-state index contributed by atoms with van der Waals surface area (Å²) in [6.07, 6.45) is 8.25. The molecule has 2 aromatic heterocycles. The molecule has 4 fully saturated rings. The molecule has 228 valence electrons. The number of urea groups is 1. The van der Waals surface area contributed by atoms with E-state index in [1.807, 2.05) is 0 Å². The molecule has 0 saturated heterocycles. The Hall–Kier alpha value is -3.86. The number of carboxylic acid groups (broad SMARTS) is 1. The normalized spacial score (nSPS) is 22.3. The fourth-order valence-electron chi connectivity index (χ4n) is 6.68. The number of hydrogen-bond donors (Lipinski definition) is 3. The molecule has 2 heterocycles. The largest absolute Gasteiger partial charge is 0.478 e. The van der Waals surface area contributed by atoms with E-state index in [1.165, 1.54) is 6.07 Å². The number of ether oxygens (including phenoxy) is 1. The number of halogens is 2. The first-order chi connectivity index (χ1) is 21.2. The summed E-state index contributed by atoms with van der Waals surface area (Å²) in [7, 11) is 1.76. The maximum atomic E-state index is 13.0. The third kappa shape index (κ3) is 5.58. The monoisotopic (exact) mass is 635 g/mol. The molecule has 44 heavy (non-hydrogen) atoms. The van der Waals surface area contributed by atoms with Crippen LogP contribution in [0, 0.1) is 11.8 Å². The first-order valence-electron chi connectivity index (χ1n) is 14.7. The van der Waals surface area contributed by atoms with Crippen molar-refractivity contribution in [3.63, 3.8) is 0 Å². The summed E-state index contributed by atoms with van der Waals surface area (Å²) in [5, 5.41) is 25.2. The lowest BCUT2D eigenvalue weighted by Crippen LogP contribution is -2.59. The van der Waals surface area contributed by atoms with E-state index in [1.54, 1.807) is 54.5 Å². The zero-order valence-electron chi connectivity index (χ0n) is 23.9. The molecule has 2 aromatic carbocycles. The van der Waals surface area contributed by atoms with Crippen LogP contribution in [0.2, 0.25) is 10.0 Å². The molecule has 4 aliphatic rings. The fourth-order valence-corrected chi connectivity index (χ4v) is 7.25. The highest BCUT2D eigenvalue weighted by atomic mass is 35.5. The number of nitrogens with one attached hydrogen (secondary N) is 2. The third-order valence-electron chi connectivity index (χ3n) is 9.00. The van der Waals surface area contributed by atoms with Crippen molar-refractivity contribution in [2.75, 3.05) is 5.32 Å². The van der Waals surface area contributed by atoms with Crippen LogP contribution in [0.4, 0.5) is 10.5 Å². The van der Waals surface area contributed by atoms with Gasteiger partial charge in [-0.2, -0.15) is 5.10 Å². The maximum Gasteiger partial charge on any atom is 0.336 e. The Kier molecular flexibility index (Phi) is 7.60. The van der Waals surface area contributed by atoms with Gasteiger partial charge in [-0.25, -0.2) is 9.59 Å². The Balaban J connectivity index is 0.981. The second-order valence-electron chi connectivity index (χ2n) is 12.0. The Bertz CT molecular complexity index is 1720. The molecule has 2 unspecified atom stereocenters. The molecular weight excluding hydrogens is 605 g/mol. The number of hydrogen-bond acceptors (Lipinski definition) is 6. The smallest absolute Gasteiger partial charge is 0.336 e. The van der Waals surface area contributed by atoms with Crippen LogP contribution in [0.3, 0.4) is 0 Å². The first-order valence-corrected chi connectivity index (χ1v) is 15.5. The Morgan fingerprint density at radius 2 is 1.86 bits per heavy atom. The van der Waals surface area contributed by atoms with Crippen LogP contribution in [0.15, 0.2) is 53.3 Å². The van der Waals surface area contributed by atoms with Crippen molar-refractivity contribution >= 4 is 40.9 Å². The molecule has 2 atom stereocenters. The molecule has 12 heteroatoms. The number of nitrogens with zero attached hydrogens (tertiary/aromatic N) is 3. The predicted molar refractivity (Wildman–Crippen MR) is 165 cm³/mol. The summed E-state index contributed by atoms with van der Waals surface area (Å²) in [6, 6.07) is 9.89. The Morgan fingerprint density at radius 1 is 1.11 bits per heavy atom. The lowest BCUT2D eigenvalue weighted by Gasteiger charge is -2.52. The second kappa shape index (κ2) is 11.6. The molecule has 0 radical (unpaired) electrons. The molecule has 3 N–H and O–H groups in total. The van der Waals surface area contributed by atoms with Crippen molar-refractivity contribution in [2.24, 2.45) is 18.9 Å².